The van der Waals surface area contributed by atoms with Gasteiger partial charge in [0, 0.05) is 24.7 Å². The van der Waals surface area contributed by atoms with Crippen molar-refractivity contribution in [3.8, 4) is 0 Å². The quantitative estimate of drug-likeness (QED) is 0.653. The molecule has 0 aromatic heterocycles. The Morgan fingerprint density at radius 3 is 2.95 bits per heavy atom. The second kappa shape index (κ2) is 4.97. The van der Waals surface area contributed by atoms with Gasteiger partial charge in [0.15, 0.2) is 0 Å². The van der Waals surface area contributed by atoms with Gasteiger partial charge in [0.05, 0.1) is 5.71 Å². The van der Waals surface area contributed by atoms with Crippen LogP contribution in [0.3, 0.4) is 0 Å². The summed E-state index contributed by atoms with van der Waals surface area (Å²) in [6, 6.07) is 6.96. The highest BCUT2D eigenvalue weighted by atomic mass is 16.4. The maximum Gasteiger partial charge on any atom is 0.0871 e. The average molecular weight is 258 g/mol. The third kappa shape index (κ3) is 2.16. The van der Waals surface area contributed by atoms with E-state index in [-0.39, 0.29) is 0 Å². The average Bonchev–Trinajstić information content (AvgIpc) is 2.41. The van der Waals surface area contributed by atoms with Crippen molar-refractivity contribution in [2.75, 3.05) is 13.1 Å². The topological polar surface area (TPSA) is 35.8 Å². The molecule has 19 heavy (non-hydrogen) atoms. The van der Waals surface area contributed by atoms with Crippen molar-refractivity contribution >= 4 is 5.71 Å². The second-order valence-corrected chi connectivity index (χ2v) is 6.12. The zero-order valence-corrected chi connectivity index (χ0v) is 11.8. The van der Waals surface area contributed by atoms with Crippen molar-refractivity contribution in [2.24, 2.45) is 11.1 Å². The molecule has 3 heteroatoms. The van der Waals surface area contributed by atoms with Crippen LogP contribution in [0.1, 0.15) is 49.4 Å². The largest absolute Gasteiger partial charge is 0.411 e. The Morgan fingerprint density at radius 2 is 2.21 bits per heavy atom. The van der Waals surface area contributed by atoms with E-state index in [9.17, 15) is 5.21 Å². The summed E-state index contributed by atoms with van der Waals surface area (Å²) >= 11 is 0. The van der Waals surface area contributed by atoms with Gasteiger partial charge in [-0.2, -0.15) is 0 Å². The first-order valence-electron chi connectivity index (χ1n) is 7.28. The van der Waals surface area contributed by atoms with Crippen molar-refractivity contribution in [2.45, 2.75) is 39.2 Å². The molecule has 0 spiro atoms. The molecule has 3 nitrogen and oxygen atoms in total. The van der Waals surface area contributed by atoms with E-state index >= 15 is 0 Å². The molecule has 1 N–H and O–H groups in total. The molecule has 1 aromatic carbocycles. The fraction of sp³-hybridized carbons (Fsp3) is 0.562. The van der Waals surface area contributed by atoms with Crippen LogP contribution < -0.4 is 0 Å². The zero-order valence-electron chi connectivity index (χ0n) is 11.8. The molecule has 0 amide bonds. The summed E-state index contributed by atoms with van der Waals surface area (Å²) < 4.78 is 0. The molecule has 102 valence electrons. The Morgan fingerprint density at radius 1 is 1.37 bits per heavy atom. The second-order valence-electron chi connectivity index (χ2n) is 6.12. The lowest BCUT2D eigenvalue weighted by molar-refractivity contribution is 0.155. The van der Waals surface area contributed by atoms with Gasteiger partial charge >= 0.3 is 0 Å². The molecule has 0 bridgehead atoms. The number of benzene rings is 1. The van der Waals surface area contributed by atoms with Gasteiger partial charge in [0.1, 0.15) is 0 Å². The summed E-state index contributed by atoms with van der Waals surface area (Å²) in [6.07, 6.45) is 3.08. The Balaban J connectivity index is 2.03. The highest BCUT2D eigenvalue weighted by Crippen LogP contribution is 2.40. The van der Waals surface area contributed by atoms with E-state index in [1.54, 1.807) is 0 Å². The summed E-state index contributed by atoms with van der Waals surface area (Å²) in [6.45, 7) is 6.88. The predicted octanol–water partition coefficient (Wildman–Crippen LogP) is 3.21. The minimum absolute atomic E-state index is 0.521. The van der Waals surface area contributed by atoms with Gasteiger partial charge < -0.3 is 5.21 Å². The molecule has 1 unspecified atom stereocenters. The van der Waals surface area contributed by atoms with E-state index in [1.807, 2.05) is 0 Å². The summed E-state index contributed by atoms with van der Waals surface area (Å²) in [7, 11) is 0. The Kier molecular flexibility index (Phi) is 3.31. The lowest BCUT2D eigenvalue weighted by Crippen LogP contribution is -2.40. The van der Waals surface area contributed by atoms with E-state index in [0.29, 0.717) is 12.0 Å². The first-order chi connectivity index (χ1) is 9.20. The summed E-state index contributed by atoms with van der Waals surface area (Å²) in [4.78, 5) is 2.62. The third-order valence-electron chi connectivity index (χ3n) is 4.32. The molecule has 0 radical (unpaired) electrons. The first-order valence-corrected chi connectivity index (χ1v) is 7.28. The normalized spacial score (nSPS) is 24.8. The third-order valence-corrected chi connectivity index (χ3v) is 4.32. The summed E-state index contributed by atoms with van der Waals surface area (Å²) in [5.74, 6) is 0.696. The van der Waals surface area contributed by atoms with Gasteiger partial charge in [0.2, 0.25) is 0 Å². The number of hydrogen-bond donors (Lipinski definition) is 1. The van der Waals surface area contributed by atoms with Crippen LogP contribution in [0.15, 0.2) is 23.4 Å². The van der Waals surface area contributed by atoms with Gasteiger partial charge in [-0.1, -0.05) is 37.2 Å². The van der Waals surface area contributed by atoms with Crippen LogP contribution in [0.25, 0.3) is 0 Å². The highest BCUT2D eigenvalue weighted by molar-refractivity contribution is 6.03. The Labute approximate surface area is 114 Å². The van der Waals surface area contributed by atoms with Gasteiger partial charge in [0.25, 0.3) is 0 Å². The molecule has 0 saturated carbocycles. The molecule has 1 atom stereocenters. The predicted molar refractivity (Wildman–Crippen MR) is 76.9 cm³/mol. The molecule has 1 aliphatic heterocycles. The maximum atomic E-state index is 9.19. The summed E-state index contributed by atoms with van der Waals surface area (Å²) in [5.41, 5.74) is 4.90. The fourth-order valence-electron chi connectivity index (χ4n) is 3.61. The van der Waals surface area contributed by atoms with Gasteiger partial charge in [-0.05, 0) is 36.3 Å². The molecular weight excluding hydrogens is 236 g/mol. The molecule has 3 rings (SSSR count). The van der Waals surface area contributed by atoms with E-state index < -0.39 is 0 Å². The van der Waals surface area contributed by atoms with Crippen LogP contribution >= 0.6 is 0 Å². The monoisotopic (exact) mass is 258 g/mol. The highest BCUT2D eigenvalue weighted by Gasteiger charge is 2.34. The molecular formula is C16H22N2O. The minimum atomic E-state index is 0.521. The molecule has 0 saturated heterocycles. The van der Waals surface area contributed by atoms with Gasteiger partial charge in [-0.3, -0.25) is 4.90 Å². The molecule has 1 aromatic rings. The van der Waals surface area contributed by atoms with Crippen molar-refractivity contribution in [3.63, 3.8) is 0 Å². The number of oxime groups is 1. The SMILES string of the molecule is CC(C)CN1CCc2cccc3c2C1CC/C3=N/O. The van der Waals surface area contributed by atoms with Crippen LogP contribution in [0.4, 0.5) is 0 Å². The van der Waals surface area contributed by atoms with Crippen LogP contribution in [0.5, 0.6) is 0 Å². The van der Waals surface area contributed by atoms with E-state index in [4.69, 9.17) is 0 Å². The van der Waals surface area contributed by atoms with E-state index in [0.717, 1.165) is 38.1 Å². The minimum Gasteiger partial charge on any atom is -0.411 e. The number of hydrogen-bond acceptors (Lipinski definition) is 3. The van der Waals surface area contributed by atoms with Gasteiger partial charge in [-0.25, -0.2) is 0 Å². The molecule has 1 aliphatic carbocycles. The molecule has 1 heterocycles. The lowest BCUT2D eigenvalue weighted by atomic mass is 9.79. The number of nitrogens with zero attached hydrogens (tertiary/aromatic N) is 2. The summed E-state index contributed by atoms with van der Waals surface area (Å²) in [5, 5.41) is 12.7. The molecule has 0 fully saturated rings. The van der Waals surface area contributed by atoms with Crippen molar-refractivity contribution in [3.05, 3.63) is 34.9 Å². The van der Waals surface area contributed by atoms with Crippen molar-refractivity contribution in [1.82, 2.24) is 4.90 Å². The van der Waals surface area contributed by atoms with Crippen molar-refractivity contribution in [1.29, 1.82) is 0 Å². The Hall–Kier alpha value is -1.35. The lowest BCUT2D eigenvalue weighted by Gasteiger charge is -2.41. The zero-order chi connectivity index (χ0) is 13.4. The standard InChI is InChI=1S/C16H22N2O/c1-11(2)10-18-9-8-12-4-3-5-13-14(17-19)6-7-15(18)16(12)13/h3-5,11,15,19H,6-10H2,1-2H3/b17-14-. The van der Waals surface area contributed by atoms with Crippen molar-refractivity contribution < 1.29 is 5.21 Å². The smallest absolute Gasteiger partial charge is 0.0871 e. The molecule has 2 aliphatic rings. The van der Waals surface area contributed by atoms with Crippen LogP contribution in [-0.2, 0) is 6.42 Å². The maximum absolute atomic E-state index is 9.19. The Bertz CT molecular complexity index is 507. The van der Waals surface area contributed by atoms with Crippen LogP contribution in [0, 0.1) is 5.92 Å². The van der Waals surface area contributed by atoms with E-state index in [2.05, 4.69) is 42.1 Å². The number of rotatable bonds is 2. The van der Waals surface area contributed by atoms with Crippen LogP contribution in [-0.4, -0.2) is 28.9 Å². The fourth-order valence-corrected chi connectivity index (χ4v) is 3.61. The van der Waals surface area contributed by atoms with Crippen LogP contribution in [0.2, 0.25) is 0 Å². The first kappa shape index (κ1) is 12.7. The van der Waals surface area contributed by atoms with E-state index in [1.165, 1.54) is 16.7 Å². The van der Waals surface area contributed by atoms with Gasteiger partial charge in [-0.15, -0.1) is 0 Å².